The summed E-state index contributed by atoms with van der Waals surface area (Å²) in [4.78, 5) is 19.2. The first-order valence-corrected chi connectivity index (χ1v) is 10.9. The van der Waals surface area contributed by atoms with Gasteiger partial charge in [-0.1, -0.05) is 41.1 Å². The Bertz CT molecular complexity index is 1250. The van der Waals surface area contributed by atoms with Gasteiger partial charge in [-0.2, -0.15) is 0 Å². The van der Waals surface area contributed by atoms with Crippen LogP contribution in [0.15, 0.2) is 71.4 Å². The van der Waals surface area contributed by atoms with Crippen LogP contribution >= 0.6 is 0 Å². The maximum Gasteiger partial charge on any atom is 0.276 e. The number of aryl methyl sites for hydroxylation is 1. The van der Waals surface area contributed by atoms with E-state index in [1.807, 2.05) is 35.2 Å². The van der Waals surface area contributed by atoms with Gasteiger partial charge in [0.25, 0.3) is 5.91 Å². The number of nitrogens with zero attached hydrogens (tertiary/aromatic N) is 3. The number of fused-ring (bicyclic) bond motifs is 1. The average Bonchev–Trinajstić information content (AvgIpc) is 3.31. The number of rotatable bonds is 5. The van der Waals surface area contributed by atoms with E-state index in [0.29, 0.717) is 29.7 Å². The van der Waals surface area contributed by atoms with Crippen molar-refractivity contribution in [2.24, 2.45) is 0 Å². The predicted octanol–water partition coefficient (Wildman–Crippen LogP) is 5.13. The number of carbonyl (C=O) groups excluding carboxylic acids is 1. The zero-order valence-electron chi connectivity index (χ0n) is 18.0. The van der Waals surface area contributed by atoms with Gasteiger partial charge in [-0.3, -0.25) is 9.78 Å². The number of amides is 1. The van der Waals surface area contributed by atoms with E-state index in [1.54, 1.807) is 12.3 Å². The smallest absolute Gasteiger partial charge is 0.276 e. The quantitative estimate of drug-likeness (QED) is 0.442. The molecule has 0 N–H and O–H groups in total. The van der Waals surface area contributed by atoms with E-state index in [0.717, 1.165) is 30.3 Å². The number of benzene rings is 2. The van der Waals surface area contributed by atoms with Gasteiger partial charge in [0.1, 0.15) is 12.4 Å². The Morgan fingerprint density at radius 2 is 2.09 bits per heavy atom. The Morgan fingerprint density at radius 3 is 3.00 bits per heavy atom. The minimum Gasteiger partial charge on any atom is -0.486 e. The zero-order valence-corrected chi connectivity index (χ0v) is 18.0. The Hall–Kier alpha value is -3.67. The molecule has 6 heteroatoms. The van der Waals surface area contributed by atoms with Gasteiger partial charge in [0.15, 0.2) is 11.5 Å². The molecule has 4 aromatic rings. The van der Waals surface area contributed by atoms with Crippen molar-refractivity contribution in [3.8, 4) is 5.75 Å². The molecule has 0 aliphatic carbocycles. The summed E-state index contributed by atoms with van der Waals surface area (Å²) in [5.74, 6) is 1.50. The molecule has 0 radical (unpaired) electrons. The molecule has 3 heterocycles. The summed E-state index contributed by atoms with van der Waals surface area (Å²) in [6.07, 6.45) is 3.84. The fourth-order valence-corrected chi connectivity index (χ4v) is 4.30. The lowest BCUT2D eigenvalue weighted by molar-refractivity contribution is 0.0696. The zero-order chi connectivity index (χ0) is 21.9. The first-order valence-electron chi connectivity index (χ1n) is 10.9. The van der Waals surface area contributed by atoms with Crippen LogP contribution in [0.25, 0.3) is 10.9 Å². The summed E-state index contributed by atoms with van der Waals surface area (Å²) >= 11 is 0. The first kappa shape index (κ1) is 20.2. The van der Waals surface area contributed by atoms with E-state index in [-0.39, 0.29) is 12.5 Å². The molecular formula is C26H25N3O3. The molecule has 0 unspecified atom stereocenters. The third kappa shape index (κ3) is 4.35. The maximum atomic E-state index is 13.0. The summed E-state index contributed by atoms with van der Waals surface area (Å²) < 4.78 is 11.2. The van der Waals surface area contributed by atoms with Gasteiger partial charge < -0.3 is 14.2 Å². The Kier molecular flexibility index (Phi) is 5.58. The molecule has 1 aliphatic heterocycles. The molecule has 32 heavy (non-hydrogen) atoms. The van der Waals surface area contributed by atoms with Crippen molar-refractivity contribution in [3.63, 3.8) is 0 Å². The van der Waals surface area contributed by atoms with Crippen LogP contribution in [-0.2, 0) is 6.61 Å². The standard InChI is InChI=1S/C26H25N3O3/c1-18-5-2-6-19(13-18)21-8-4-12-29(16-21)26(30)25-15-23(32-28-25)17-31-22-9-10-24-20(14-22)7-3-11-27-24/h2-3,5-7,9-11,13-15,21H,4,8,12,16-17H2,1H3/t21-/m1/s1. The summed E-state index contributed by atoms with van der Waals surface area (Å²) in [5.41, 5.74) is 3.78. The van der Waals surface area contributed by atoms with Crippen molar-refractivity contribution in [1.82, 2.24) is 15.0 Å². The number of ether oxygens (including phenoxy) is 1. The molecule has 1 fully saturated rings. The van der Waals surface area contributed by atoms with E-state index in [2.05, 4.69) is 41.3 Å². The van der Waals surface area contributed by atoms with Crippen LogP contribution in [0.4, 0.5) is 0 Å². The lowest BCUT2D eigenvalue weighted by Gasteiger charge is -2.32. The van der Waals surface area contributed by atoms with Crippen molar-refractivity contribution in [2.75, 3.05) is 13.1 Å². The van der Waals surface area contributed by atoms with Gasteiger partial charge in [0, 0.05) is 36.7 Å². The number of pyridine rings is 1. The second kappa shape index (κ2) is 8.83. The molecular weight excluding hydrogens is 402 g/mol. The highest BCUT2D eigenvalue weighted by molar-refractivity contribution is 5.92. The molecule has 0 spiro atoms. The summed E-state index contributed by atoms with van der Waals surface area (Å²) in [6, 6.07) is 19.8. The van der Waals surface area contributed by atoms with Gasteiger partial charge in [-0.05, 0) is 49.6 Å². The van der Waals surface area contributed by atoms with Crippen molar-refractivity contribution < 1.29 is 14.1 Å². The van der Waals surface area contributed by atoms with E-state index in [9.17, 15) is 4.79 Å². The monoisotopic (exact) mass is 427 g/mol. The third-order valence-corrected chi connectivity index (χ3v) is 5.96. The highest BCUT2D eigenvalue weighted by atomic mass is 16.5. The largest absolute Gasteiger partial charge is 0.486 e. The Balaban J connectivity index is 1.23. The Labute approximate surface area is 186 Å². The summed E-state index contributed by atoms with van der Waals surface area (Å²) in [6.45, 7) is 3.75. The molecule has 1 amide bonds. The fraction of sp³-hybridized carbons (Fsp3) is 0.269. The highest BCUT2D eigenvalue weighted by Gasteiger charge is 2.27. The van der Waals surface area contributed by atoms with E-state index >= 15 is 0 Å². The van der Waals surface area contributed by atoms with Crippen LogP contribution in [0, 0.1) is 6.92 Å². The van der Waals surface area contributed by atoms with Crippen LogP contribution in [0.1, 0.15) is 46.1 Å². The van der Waals surface area contributed by atoms with Gasteiger partial charge in [0.2, 0.25) is 0 Å². The molecule has 1 atom stereocenters. The Morgan fingerprint density at radius 1 is 1.16 bits per heavy atom. The fourth-order valence-electron chi connectivity index (χ4n) is 4.30. The second-order valence-corrected chi connectivity index (χ2v) is 8.33. The highest BCUT2D eigenvalue weighted by Crippen LogP contribution is 2.28. The van der Waals surface area contributed by atoms with Crippen LogP contribution in [0.5, 0.6) is 5.75 Å². The molecule has 5 rings (SSSR count). The second-order valence-electron chi connectivity index (χ2n) is 8.33. The molecule has 6 nitrogen and oxygen atoms in total. The minimum absolute atomic E-state index is 0.0888. The average molecular weight is 428 g/mol. The number of piperidine rings is 1. The lowest BCUT2D eigenvalue weighted by Crippen LogP contribution is -2.39. The molecule has 1 aliphatic rings. The number of carbonyl (C=O) groups is 1. The first-order chi connectivity index (χ1) is 15.7. The van der Waals surface area contributed by atoms with E-state index in [4.69, 9.17) is 9.26 Å². The van der Waals surface area contributed by atoms with Crippen molar-refractivity contribution >= 4 is 16.8 Å². The third-order valence-electron chi connectivity index (χ3n) is 5.96. The van der Waals surface area contributed by atoms with Gasteiger partial charge >= 0.3 is 0 Å². The van der Waals surface area contributed by atoms with Crippen LogP contribution in [0.3, 0.4) is 0 Å². The molecule has 0 bridgehead atoms. The van der Waals surface area contributed by atoms with Crippen LogP contribution in [-0.4, -0.2) is 34.0 Å². The van der Waals surface area contributed by atoms with Crippen LogP contribution in [0.2, 0.25) is 0 Å². The number of aromatic nitrogens is 2. The molecule has 2 aromatic carbocycles. The van der Waals surface area contributed by atoms with Crippen molar-refractivity contribution in [3.05, 3.63) is 89.4 Å². The van der Waals surface area contributed by atoms with Gasteiger partial charge in [0.05, 0.1) is 5.52 Å². The molecule has 162 valence electrons. The van der Waals surface area contributed by atoms with Crippen molar-refractivity contribution in [2.45, 2.75) is 32.3 Å². The normalized spacial score (nSPS) is 16.3. The SMILES string of the molecule is Cc1cccc([C@@H]2CCCN(C(=O)c3cc(COc4ccc5ncccc5c4)on3)C2)c1. The number of likely N-dealkylation sites (tertiary alicyclic amines) is 1. The molecule has 2 aromatic heterocycles. The molecule has 1 saturated heterocycles. The van der Waals surface area contributed by atoms with E-state index in [1.165, 1.54) is 11.1 Å². The summed E-state index contributed by atoms with van der Waals surface area (Å²) in [5, 5.41) is 5.02. The minimum atomic E-state index is -0.0888. The number of hydrogen-bond acceptors (Lipinski definition) is 5. The van der Waals surface area contributed by atoms with Crippen LogP contribution < -0.4 is 4.74 Å². The lowest BCUT2D eigenvalue weighted by atomic mass is 9.89. The maximum absolute atomic E-state index is 13.0. The van der Waals surface area contributed by atoms with Gasteiger partial charge in [-0.25, -0.2) is 0 Å². The topological polar surface area (TPSA) is 68.5 Å². The predicted molar refractivity (Wildman–Crippen MR) is 122 cm³/mol. The van der Waals surface area contributed by atoms with Gasteiger partial charge in [-0.15, -0.1) is 0 Å². The van der Waals surface area contributed by atoms with Crippen molar-refractivity contribution in [1.29, 1.82) is 0 Å². The van der Waals surface area contributed by atoms with E-state index < -0.39 is 0 Å². The number of hydrogen-bond donors (Lipinski definition) is 0. The molecule has 0 saturated carbocycles. The summed E-state index contributed by atoms with van der Waals surface area (Å²) in [7, 11) is 0.